The van der Waals surface area contributed by atoms with Crippen LogP contribution in [0.3, 0.4) is 0 Å². The molecule has 1 aromatic rings. The topological polar surface area (TPSA) is 47.1 Å². The summed E-state index contributed by atoms with van der Waals surface area (Å²) in [6.45, 7) is 8.54. The highest BCUT2D eigenvalue weighted by atomic mass is 15.2. The van der Waals surface area contributed by atoms with Crippen LogP contribution in [0.5, 0.6) is 0 Å². The van der Waals surface area contributed by atoms with Gasteiger partial charge in [-0.15, -0.1) is 0 Å². The molecular weight excluding hydrogens is 188 g/mol. The predicted octanol–water partition coefficient (Wildman–Crippen LogP) is 0.471. The second-order valence-electron chi connectivity index (χ2n) is 4.57. The molecule has 1 aliphatic heterocycles. The number of rotatable bonds is 3. The van der Waals surface area contributed by atoms with Crippen molar-refractivity contribution in [3.05, 3.63) is 18.2 Å². The van der Waals surface area contributed by atoms with Gasteiger partial charge in [-0.1, -0.05) is 6.92 Å². The van der Waals surface area contributed by atoms with Crippen molar-refractivity contribution in [2.24, 2.45) is 11.7 Å². The van der Waals surface area contributed by atoms with Crippen LogP contribution in [-0.2, 0) is 6.54 Å². The number of imidazole rings is 1. The van der Waals surface area contributed by atoms with Crippen LogP contribution < -0.4 is 5.73 Å². The molecule has 0 saturated carbocycles. The number of hydrogen-bond donors (Lipinski definition) is 1. The summed E-state index contributed by atoms with van der Waals surface area (Å²) in [5, 5.41) is 0. The Labute approximate surface area is 91.1 Å². The zero-order valence-corrected chi connectivity index (χ0v) is 9.56. The molecule has 0 spiro atoms. The van der Waals surface area contributed by atoms with E-state index in [9.17, 15) is 0 Å². The molecule has 0 aromatic carbocycles. The van der Waals surface area contributed by atoms with E-state index in [1.54, 1.807) is 0 Å². The van der Waals surface area contributed by atoms with Crippen molar-refractivity contribution in [1.29, 1.82) is 0 Å². The van der Waals surface area contributed by atoms with E-state index in [1.807, 2.05) is 19.3 Å². The highest BCUT2D eigenvalue weighted by Gasteiger charge is 2.25. The summed E-state index contributed by atoms with van der Waals surface area (Å²) in [5.41, 5.74) is 5.99. The lowest BCUT2D eigenvalue weighted by Crippen LogP contribution is -2.30. The van der Waals surface area contributed by atoms with Crippen molar-refractivity contribution >= 4 is 0 Å². The SMILES string of the molecule is Cc1nccn1CCN1CC(C)C(N)C1. The molecule has 0 amide bonds. The molecule has 1 aliphatic rings. The van der Waals surface area contributed by atoms with Gasteiger partial charge < -0.3 is 10.3 Å². The van der Waals surface area contributed by atoms with Gasteiger partial charge >= 0.3 is 0 Å². The van der Waals surface area contributed by atoms with Gasteiger partial charge in [0.2, 0.25) is 0 Å². The maximum absolute atomic E-state index is 5.99. The number of hydrogen-bond acceptors (Lipinski definition) is 3. The van der Waals surface area contributed by atoms with Crippen LogP contribution in [0, 0.1) is 12.8 Å². The van der Waals surface area contributed by atoms with Crippen LogP contribution in [0.1, 0.15) is 12.7 Å². The zero-order chi connectivity index (χ0) is 10.8. The third kappa shape index (κ3) is 2.38. The molecule has 0 bridgehead atoms. The summed E-state index contributed by atoms with van der Waals surface area (Å²) in [4.78, 5) is 6.65. The quantitative estimate of drug-likeness (QED) is 0.785. The molecule has 1 fully saturated rings. The molecule has 4 nitrogen and oxygen atoms in total. The molecule has 0 aliphatic carbocycles. The summed E-state index contributed by atoms with van der Waals surface area (Å²) in [6.07, 6.45) is 3.89. The van der Waals surface area contributed by atoms with Crippen LogP contribution in [0.15, 0.2) is 12.4 Å². The van der Waals surface area contributed by atoms with Gasteiger partial charge in [0, 0.05) is 44.6 Å². The van der Waals surface area contributed by atoms with Gasteiger partial charge in [-0.25, -0.2) is 4.98 Å². The summed E-state index contributed by atoms with van der Waals surface area (Å²) < 4.78 is 2.19. The molecule has 4 heteroatoms. The summed E-state index contributed by atoms with van der Waals surface area (Å²) in [6, 6.07) is 0.355. The summed E-state index contributed by atoms with van der Waals surface area (Å²) in [5.74, 6) is 1.72. The highest BCUT2D eigenvalue weighted by Crippen LogP contribution is 2.14. The van der Waals surface area contributed by atoms with Gasteiger partial charge in [-0.2, -0.15) is 0 Å². The average molecular weight is 208 g/mol. The second-order valence-corrected chi connectivity index (χ2v) is 4.57. The first-order valence-electron chi connectivity index (χ1n) is 5.62. The van der Waals surface area contributed by atoms with E-state index < -0.39 is 0 Å². The zero-order valence-electron chi connectivity index (χ0n) is 9.56. The Morgan fingerprint density at radius 3 is 2.80 bits per heavy atom. The van der Waals surface area contributed by atoms with Gasteiger partial charge in [-0.3, -0.25) is 4.90 Å². The molecule has 1 aromatic heterocycles. The molecule has 2 heterocycles. The monoisotopic (exact) mass is 208 g/mol. The van der Waals surface area contributed by atoms with Crippen molar-refractivity contribution in [1.82, 2.24) is 14.5 Å². The lowest BCUT2D eigenvalue weighted by atomic mass is 10.1. The maximum Gasteiger partial charge on any atom is 0.105 e. The smallest absolute Gasteiger partial charge is 0.105 e. The first kappa shape index (κ1) is 10.6. The van der Waals surface area contributed by atoms with Crippen LogP contribution in [0.25, 0.3) is 0 Å². The van der Waals surface area contributed by atoms with Crippen molar-refractivity contribution in [3.63, 3.8) is 0 Å². The molecular formula is C11H20N4. The number of likely N-dealkylation sites (tertiary alicyclic amines) is 1. The Kier molecular flexibility index (Phi) is 3.07. The number of nitrogens with zero attached hydrogens (tertiary/aromatic N) is 3. The fourth-order valence-electron chi connectivity index (χ4n) is 2.17. The number of aryl methyl sites for hydroxylation is 1. The summed E-state index contributed by atoms with van der Waals surface area (Å²) in [7, 11) is 0. The Balaban J connectivity index is 1.82. The minimum atomic E-state index is 0.355. The Morgan fingerprint density at radius 1 is 1.47 bits per heavy atom. The van der Waals surface area contributed by atoms with Crippen molar-refractivity contribution in [3.8, 4) is 0 Å². The van der Waals surface area contributed by atoms with Gasteiger partial charge in [0.05, 0.1) is 0 Å². The van der Waals surface area contributed by atoms with E-state index in [0.29, 0.717) is 12.0 Å². The van der Waals surface area contributed by atoms with Gasteiger partial charge in [-0.05, 0) is 12.8 Å². The predicted molar refractivity (Wildman–Crippen MR) is 60.5 cm³/mol. The van der Waals surface area contributed by atoms with Crippen molar-refractivity contribution in [2.75, 3.05) is 19.6 Å². The molecule has 2 unspecified atom stereocenters. The molecule has 15 heavy (non-hydrogen) atoms. The van der Waals surface area contributed by atoms with Crippen molar-refractivity contribution < 1.29 is 0 Å². The van der Waals surface area contributed by atoms with E-state index in [2.05, 4.69) is 21.4 Å². The average Bonchev–Trinajstić information content (AvgIpc) is 2.72. The molecule has 1 saturated heterocycles. The lowest BCUT2D eigenvalue weighted by molar-refractivity contribution is 0.310. The number of nitrogens with two attached hydrogens (primary N) is 1. The van der Waals surface area contributed by atoms with E-state index in [-0.39, 0.29) is 0 Å². The lowest BCUT2D eigenvalue weighted by Gasteiger charge is -2.15. The molecule has 84 valence electrons. The van der Waals surface area contributed by atoms with Crippen LogP contribution in [-0.4, -0.2) is 40.1 Å². The van der Waals surface area contributed by atoms with Gasteiger partial charge in [0.15, 0.2) is 0 Å². The van der Waals surface area contributed by atoms with Gasteiger partial charge in [0.1, 0.15) is 5.82 Å². The third-order valence-corrected chi connectivity index (χ3v) is 3.33. The standard InChI is InChI=1S/C11H20N4/c1-9-7-14(8-11(9)12)5-6-15-4-3-13-10(15)2/h3-4,9,11H,5-8,12H2,1-2H3. The molecule has 2 N–H and O–H groups in total. The van der Waals surface area contributed by atoms with E-state index >= 15 is 0 Å². The van der Waals surface area contributed by atoms with Gasteiger partial charge in [0.25, 0.3) is 0 Å². The summed E-state index contributed by atoms with van der Waals surface area (Å²) >= 11 is 0. The first-order chi connectivity index (χ1) is 7.16. The normalized spacial score (nSPS) is 27.4. The molecule has 2 atom stereocenters. The largest absolute Gasteiger partial charge is 0.334 e. The molecule has 2 rings (SSSR count). The fraction of sp³-hybridized carbons (Fsp3) is 0.727. The Morgan fingerprint density at radius 2 is 2.27 bits per heavy atom. The number of aromatic nitrogens is 2. The first-order valence-corrected chi connectivity index (χ1v) is 5.62. The third-order valence-electron chi connectivity index (χ3n) is 3.33. The van der Waals surface area contributed by atoms with E-state index in [1.165, 1.54) is 0 Å². The van der Waals surface area contributed by atoms with Crippen molar-refractivity contribution in [2.45, 2.75) is 26.4 Å². The Bertz CT molecular complexity index is 310. The second kappa shape index (κ2) is 4.33. The highest BCUT2D eigenvalue weighted by molar-refractivity contribution is 4.89. The minimum Gasteiger partial charge on any atom is -0.334 e. The van der Waals surface area contributed by atoms with E-state index in [0.717, 1.165) is 32.0 Å². The van der Waals surface area contributed by atoms with Crippen LogP contribution in [0.4, 0.5) is 0 Å². The fourth-order valence-corrected chi connectivity index (χ4v) is 2.17. The Hall–Kier alpha value is -0.870. The minimum absolute atomic E-state index is 0.355. The maximum atomic E-state index is 5.99. The van der Waals surface area contributed by atoms with Crippen LogP contribution in [0.2, 0.25) is 0 Å². The molecule has 0 radical (unpaired) electrons. The van der Waals surface area contributed by atoms with E-state index in [4.69, 9.17) is 5.73 Å². The van der Waals surface area contributed by atoms with Crippen LogP contribution >= 0.6 is 0 Å².